The number of hydrazine groups is 1. The van der Waals surface area contributed by atoms with E-state index in [4.69, 9.17) is 10.6 Å². The minimum absolute atomic E-state index is 0.440. The van der Waals surface area contributed by atoms with Crippen molar-refractivity contribution in [2.45, 2.75) is 0 Å². The number of anilines is 2. The lowest BCUT2D eigenvalue weighted by molar-refractivity contribution is 0.122. The van der Waals surface area contributed by atoms with E-state index in [1.807, 2.05) is 24.3 Å². The van der Waals surface area contributed by atoms with Crippen molar-refractivity contribution in [3.05, 3.63) is 24.3 Å². The number of benzene rings is 1. The fourth-order valence-electron chi connectivity index (χ4n) is 2.14. The Morgan fingerprint density at radius 1 is 1.17 bits per heavy atom. The fourth-order valence-corrected chi connectivity index (χ4v) is 2.14. The van der Waals surface area contributed by atoms with Gasteiger partial charge in [-0.3, -0.25) is 5.43 Å². The van der Waals surface area contributed by atoms with Gasteiger partial charge in [0, 0.05) is 18.5 Å². The molecule has 1 aliphatic heterocycles. The van der Waals surface area contributed by atoms with Crippen molar-refractivity contribution >= 4 is 22.7 Å². The highest BCUT2D eigenvalue weighted by Gasteiger charge is 2.16. The van der Waals surface area contributed by atoms with Gasteiger partial charge in [-0.1, -0.05) is 12.1 Å². The van der Waals surface area contributed by atoms with E-state index in [2.05, 4.69) is 20.3 Å². The molecule has 2 aromatic rings. The molecule has 0 aliphatic carbocycles. The molecule has 1 fully saturated rings. The third-order valence-corrected chi connectivity index (χ3v) is 3.02. The first-order valence-corrected chi connectivity index (χ1v) is 5.94. The Balaban J connectivity index is 2.12. The lowest BCUT2D eigenvalue weighted by Gasteiger charge is -2.28. The molecule has 0 atom stereocenters. The van der Waals surface area contributed by atoms with Crippen LogP contribution in [-0.2, 0) is 4.74 Å². The van der Waals surface area contributed by atoms with Crippen molar-refractivity contribution < 1.29 is 4.74 Å². The van der Waals surface area contributed by atoms with Crippen LogP contribution in [0.5, 0.6) is 0 Å². The smallest absolute Gasteiger partial charge is 0.239 e. The SMILES string of the molecule is NNc1nc(N2CCOCC2)c2ccccc2n1. The quantitative estimate of drug-likeness (QED) is 0.600. The molecule has 0 unspecified atom stereocenters. The number of nitrogens with one attached hydrogen (secondary N) is 1. The van der Waals surface area contributed by atoms with Gasteiger partial charge in [0.05, 0.1) is 18.7 Å². The van der Waals surface area contributed by atoms with E-state index in [9.17, 15) is 0 Å². The van der Waals surface area contributed by atoms with Gasteiger partial charge >= 0.3 is 0 Å². The Bertz CT molecular complexity index is 553. The zero-order valence-corrected chi connectivity index (χ0v) is 9.97. The van der Waals surface area contributed by atoms with Crippen molar-refractivity contribution in [3.63, 3.8) is 0 Å². The normalized spacial score (nSPS) is 15.9. The number of para-hydroxylation sites is 1. The van der Waals surface area contributed by atoms with Gasteiger partial charge in [0.25, 0.3) is 0 Å². The van der Waals surface area contributed by atoms with Gasteiger partial charge in [0.15, 0.2) is 0 Å². The maximum Gasteiger partial charge on any atom is 0.239 e. The van der Waals surface area contributed by atoms with Crippen LogP contribution in [-0.4, -0.2) is 36.3 Å². The Labute approximate surface area is 105 Å². The third-order valence-electron chi connectivity index (χ3n) is 3.02. The predicted molar refractivity (Wildman–Crippen MR) is 70.4 cm³/mol. The zero-order chi connectivity index (χ0) is 12.4. The van der Waals surface area contributed by atoms with Crippen LogP contribution in [0.3, 0.4) is 0 Å². The molecule has 1 saturated heterocycles. The Morgan fingerprint density at radius 3 is 2.72 bits per heavy atom. The van der Waals surface area contributed by atoms with E-state index in [1.165, 1.54) is 0 Å². The number of hydrogen-bond acceptors (Lipinski definition) is 6. The molecule has 0 amide bonds. The molecule has 2 heterocycles. The third kappa shape index (κ3) is 1.96. The average molecular weight is 245 g/mol. The van der Waals surface area contributed by atoms with Crippen molar-refractivity contribution in [1.82, 2.24) is 9.97 Å². The molecule has 3 N–H and O–H groups in total. The van der Waals surface area contributed by atoms with Crippen molar-refractivity contribution in [2.75, 3.05) is 36.6 Å². The van der Waals surface area contributed by atoms with E-state index in [1.54, 1.807) is 0 Å². The first kappa shape index (κ1) is 11.2. The number of ether oxygens (including phenoxy) is 1. The number of nitrogen functional groups attached to an aromatic ring is 1. The van der Waals surface area contributed by atoms with Gasteiger partial charge in [-0.25, -0.2) is 10.8 Å². The van der Waals surface area contributed by atoms with Crippen molar-refractivity contribution in [2.24, 2.45) is 5.84 Å². The summed E-state index contributed by atoms with van der Waals surface area (Å²) >= 11 is 0. The Morgan fingerprint density at radius 2 is 1.94 bits per heavy atom. The van der Waals surface area contributed by atoms with Crippen LogP contribution in [0.15, 0.2) is 24.3 Å². The summed E-state index contributed by atoms with van der Waals surface area (Å²) in [5.41, 5.74) is 3.41. The Kier molecular flexibility index (Phi) is 2.95. The molecule has 18 heavy (non-hydrogen) atoms. The highest BCUT2D eigenvalue weighted by molar-refractivity contribution is 5.90. The molecule has 1 aromatic carbocycles. The number of morpholine rings is 1. The van der Waals surface area contributed by atoms with E-state index < -0.39 is 0 Å². The van der Waals surface area contributed by atoms with Gasteiger partial charge < -0.3 is 9.64 Å². The summed E-state index contributed by atoms with van der Waals surface area (Å²) in [7, 11) is 0. The summed E-state index contributed by atoms with van der Waals surface area (Å²) < 4.78 is 5.36. The maximum absolute atomic E-state index is 5.42. The minimum Gasteiger partial charge on any atom is -0.378 e. The summed E-state index contributed by atoms with van der Waals surface area (Å²) in [4.78, 5) is 11.0. The molecule has 1 aromatic heterocycles. The summed E-state index contributed by atoms with van der Waals surface area (Å²) in [5, 5.41) is 1.04. The van der Waals surface area contributed by atoms with Gasteiger partial charge in [0.1, 0.15) is 5.82 Å². The van der Waals surface area contributed by atoms with Gasteiger partial charge in [-0.2, -0.15) is 4.98 Å². The number of rotatable bonds is 2. The number of nitrogens with zero attached hydrogens (tertiary/aromatic N) is 3. The first-order valence-electron chi connectivity index (χ1n) is 5.94. The van der Waals surface area contributed by atoms with Crippen LogP contribution in [0.2, 0.25) is 0 Å². The van der Waals surface area contributed by atoms with Crippen molar-refractivity contribution in [3.8, 4) is 0 Å². The lowest BCUT2D eigenvalue weighted by Crippen LogP contribution is -2.37. The number of aromatic nitrogens is 2. The monoisotopic (exact) mass is 245 g/mol. The second-order valence-electron chi connectivity index (χ2n) is 4.13. The largest absolute Gasteiger partial charge is 0.378 e. The molecule has 0 radical (unpaired) electrons. The Hall–Kier alpha value is -1.92. The lowest BCUT2D eigenvalue weighted by atomic mass is 10.2. The summed E-state index contributed by atoms with van der Waals surface area (Å²) in [6, 6.07) is 7.94. The minimum atomic E-state index is 0.440. The molecule has 94 valence electrons. The molecule has 6 nitrogen and oxygen atoms in total. The van der Waals surface area contributed by atoms with Crippen LogP contribution in [0.4, 0.5) is 11.8 Å². The molecule has 6 heteroatoms. The highest BCUT2D eigenvalue weighted by Crippen LogP contribution is 2.25. The average Bonchev–Trinajstić information content (AvgIpc) is 2.47. The summed E-state index contributed by atoms with van der Waals surface area (Å²) in [6.07, 6.45) is 0. The highest BCUT2D eigenvalue weighted by atomic mass is 16.5. The summed E-state index contributed by atoms with van der Waals surface area (Å²) in [6.45, 7) is 3.13. The van der Waals surface area contributed by atoms with E-state index in [0.29, 0.717) is 5.95 Å². The zero-order valence-electron chi connectivity index (χ0n) is 9.97. The van der Waals surface area contributed by atoms with Crippen molar-refractivity contribution in [1.29, 1.82) is 0 Å². The van der Waals surface area contributed by atoms with Crippen LogP contribution in [0.25, 0.3) is 10.9 Å². The molecular formula is C12H15N5O. The predicted octanol–water partition coefficient (Wildman–Crippen LogP) is 0.752. The fraction of sp³-hybridized carbons (Fsp3) is 0.333. The topological polar surface area (TPSA) is 76.3 Å². The molecule has 0 saturated carbocycles. The second-order valence-corrected chi connectivity index (χ2v) is 4.13. The molecule has 3 rings (SSSR count). The number of nitrogens with two attached hydrogens (primary N) is 1. The van der Waals surface area contributed by atoms with Gasteiger partial charge in [-0.15, -0.1) is 0 Å². The van der Waals surface area contributed by atoms with Crippen LogP contribution < -0.4 is 16.2 Å². The van der Waals surface area contributed by atoms with E-state index in [0.717, 1.165) is 43.0 Å². The molecule has 0 bridgehead atoms. The molecule has 1 aliphatic rings. The standard InChI is InChI=1S/C12H15N5O/c13-16-12-14-10-4-2-1-3-9(10)11(15-12)17-5-7-18-8-6-17/h1-4H,5-8,13H2,(H,14,15,16). The maximum atomic E-state index is 5.42. The van der Waals surface area contributed by atoms with E-state index >= 15 is 0 Å². The summed E-state index contributed by atoms with van der Waals surface area (Å²) in [5.74, 6) is 6.77. The molecular weight excluding hydrogens is 230 g/mol. The van der Waals surface area contributed by atoms with Gasteiger partial charge in [0.2, 0.25) is 5.95 Å². The number of fused-ring (bicyclic) bond motifs is 1. The second kappa shape index (κ2) is 4.75. The van der Waals surface area contributed by atoms with E-state index in [-0.39, 0.29) is 0 Å². The van der Waals surface area contributed by atoms with Crippen LogP contribution >= 0.6 is 0 Å². The van der Waals surface area contributed by atoms with Crippen LogP contribution in [0, 0.1) is 0 Å². The first-order chi connectivity index (χ1) is 8.88. The van der Waals surface area contributed by atoms with Gasteiger partial charge in [-0.05, 0) is 12.1 Å². The molecule has 0 spiro atoms. The number of hydrogen-bond donors (Lipinski definition) is 2. The van der Waals surface area contributed by atoms with Crippen LogP contribution in [0.1, 0.15) is 0 Å².